The van der Waals surface area contributed by atoms with E-state index in [1.807, 2.05) is 12.1 Å². The van der Waals surface area contributed by atoms with E-state index in [1.54, 1.807) is 24.3 Å². The molecule has 0 bridgehead atoms. The molecular formula is C18H12N2O5S. The normalized spacial score (nSPS) is 18.2. The van der Waals surface area contributed by atoms with Crippen molar-refractivity contribution < 1.29 is 24.0 Å². The molecule has 2 aromatic rings. The summed E-state index contributed by atoms with van der Waals surface area (Å²) in [7, 11) is 0. The number of benzene rings is 2. The van der Waals surface area contributed by atoms with E-state index in [0.717, 1.165) is 4.90 Å². The van der Waals surface area contributed by atoms with Crippen molar-refractivity contribution in [3.8, 4) is 0 Å². The van der Waals surface area contributed by atoms with Gasteiger partial charge in [0.15, 0.2) is 0 Å². The molecule has 130 valence electrons. The third-order valence-electron chi connectivity index (χ3n) is 4.01. The lowest BCUT2D eigenvalue weighted by atomic mass is 10.1. The van der Waals surface area contributed by atoms with E-state index in [9.17, 15) is 19.2 Å². The largest absolute Gasteiger partial charge is 0.334 e. The number of para-hydroxylation sites is 1. The van der Waals surface area contributed by atoms with E-state index < -0.39 is 23.0 Å². The summed E-state index contributed by atoms with van der Waals surface area (Å²) in [5, 5.41) is 2.48. The molecule has 1 N–H and O–H groups in total. The van der Waals surface area contributed by atoms with Gasteiger partial charge in [-0.25, -0.2) is 4.79 Å². The zero-order valence-electron chi connectivity index (χ0n) is 13.3. The lowest BCUT2D eigenvalue weighted by Crippen LogP contribution is -2.36. The third-order valence-corrected chi connectivity index (χ3v) is 5.28. The molecule has 1 unspecified atom stereocenters. The fourth-order valence-corrected chi connectivity index (χ4v) is 3.86. The van der Waals surface area contributed by atoms with Gasteiger partial charge in [-0.05, 0) is 24.3 Å². The maximum atomic E-state index is 12.2. The number of nitrogens with one attached hydrogen (secondary N) is 1. The van der Waals surface area contributed by atoms with Crippen LogP contribution in [0, 0.1) is 0 Å². The first-order valence-electron chi connectivity index (χ1n) is 7.80. The predicted molar refractivity (Wildman–Crippen MR) is 92.4 cm³/mol. The van der Waals surface area contributed by atoms with Crippen LogP contribution in [0.4, 0.5) is 5.69 Å². The van der Waals surface area contributed by atoms with Gasteiger partial charge in [0.25, 0.3) is 11.8 Å². The van der Waals surface area contributed by atoms with Crippen molar-refractivity contribution >= 4 is 41.1 Å². The molecular weight excluding hydrogens is 356 g/mol. The van der Waals surface area contributed by atoms with Crippen LogP contribution in [-0.4, -0.2) is 34.0 Å². The number of nitrogens with zero attached hydrogens (tertiary/aromatic N) is 1. The number of fused-ring (bicyclic) bond motifs is 2. The molecule has 3 amide bonds. The van der Waals surface area contributed by atoms with Crippen molar-refractivity contribution in [2.24, 2.45) is 0 Å². The highest BCUT2D eigenvalue weighted by Gasteiger charge is 2.39. The average Bonchev–Trinajstić information content (AvgIpc) is 2.88. The molecule has 26 heavy (non-hydrogen) atoms. The Morgan fingerprint density at radius 3 is 2.31 bits per heavy atom. The molecule has 0 aromatic heterocycles. The van der Waals surface area contributed by atoms with Gasteiger partial charge >= 0.3 is 5.97 Å². The van der Waals surface area contributed by atoms with Crippen molar-refractivity contribution in [1.29, 1.82) is 0 Å². The average molecular weight is 368 g/mol. The molecule has 0 fully saturated rings. The first-order chi connectivity index (χ1) is 12.5. The number of thioether (sulfide) groups is 1. The Balaban J connectivity index is 1.45. The number of amides is 3. The molecule has 0 radical (unpaired) electrons. The molecule has 8 heteroatoms. The van der Waals surface area contributed by atoms with Crippen LogP contribution in [0.25, 0.3) is 0 Å². The standard InChI is InChI=1S/C18H12N2O5S/c21-15(9-14-16(22)19-12-7-3-4-8-13(12)26-14)25-20-17(23)10-5-1-2-6-11(10)18(20)24/h1-8,14H,9H2,(H,19,22). The zero-order chi connectivity index (χ0) is 18.3. The number of anilines is 1. The molecule has 2 aliphatic rings. The number of hydrogen-bond donors (Lipinski definition) is 1. The maximum Gasteiger partial charge on any atom is 0.334 e. The van der Waals surface area contributed by atoms with E-state index >= 15 is 0 Å². The number of rotatable bonds is 3. The molecule has 1 atom stereocenters. The van der Waals surface area contributed by atoms with Crippen LogP contribution in [0.2, 0.25) is 0 Å². The summed E-state index contributed by atoms with van der Waals surface area (Å²) in [4.78, 5) is 54.6. The van der Waals surface area contributed by atoms with E-state index in [1.165, 1.54) is 23.9 Å². The highest BCUT2D eigenvalue weighted by molar-refractivity contribution is 8.01. The van der Waals surface area contributed by atoms with Crippen LogP contribution in [0.15, 0.2) is 53.4 Å². The van der Waals surface area contributed by atoms with Crippen LogP contribution in [0.3, 0.4) is 0 Å². The molecule has 2 heterocycles. The SMILES string of the molecule is O=C(CC1Sc2ccccc2NC1=O)ON1C(=O)c2ccccc2C1=O. The van der Waals surface area contributed by atoms with E-state index in [-0.39, 0.29) is 23.5 Å². The second kappa shape index (κ2) is 6.30. The second-order valence-corrected chi connectivity index (χ2v) is 6.95. The van der Waals surface area contributed by atoms with Gasteiger partial charge in [0.2, 0.25) is 5.91 Å². The van der Waals surface area contributed by atoms with Crippen LogP contribution in [0.1, 0.15) is 27.1 Å². The number of hydroxylamine groups is 2. The van der Waals surface area contributed by atoms with Crippen molar-refractivity contribution in [2.75, 3.05) is 5.32 Å². The summed E-state index contributed by atoms with van der Waals surface area (Å²) < 4.78 is 0. The van der Waals surface area contributed by atoms with Crippen molar-refractivity contribution in [1.82, 2.24) is 5.06 Å². The summed E-state index contributed by atoms with van der Waals surface area (Å²) in [5.41, 5.74) is 1.06. The summed E-state index contributed by atoms with van der Waals surface area (Å²) in [6, 6.07) is 13.5. The Morgan fingerprint density at radius 2 is 1.62 bits per heavy atom. The number of imide groups is 1. The Bertz CT molecular complexity index is 923. The quantitative estimate of drug-likeness (QED) is 0.836. The minimum absolute atomic E-state index is 0.184. The van der Waals surface area contributed by atoms with E-state index in [4.69, 9.17) is 4.84 Å². The van der Waals surface area contributed by atoms with Gasteiger partial charge in [0, 0.05) is 4.90 Å². The van der Waals surface area contributed by atoms with Crippen LogP contribution < -0.4 is 5.32 Å². The van der Waals surface area contributed by atoms with E-state index in [2.05, 4.69) is 5.32 Å². The summed E-state index contributed by atoms with van der Waals surface area (Å²) in [5.74, 6) is -2.53. The topological polar surface area (TPSA) is 92.8 Å². The highest BCUT2D eigenvalue weighted by Crippen LogP contribution is 2.36. The zero-order valence-corrected chi connectivity index (χ0v) is 14.1. The number of hydrogen-bond acceptors (Lipinski definition) is 6. The van der Waals surface area contributed by atoms with Crippen molar-refractivity contribution in [3.05, 3.63) is 59.7 Å². The first-order valence-corrected chi connectivity index (χ1v) is 8.68. The molecule has 0 saturated carbocycles. The molecule has 0 aliphatic carbocycles. The number of carbonyl (C=O) groups excluding carboxylic acids is 4. The van der Waals surface area contributed by atoms with Crippen LogP contribution >= 0.6 is 11.8 Å². The summed E-state index contributed by atoms with van der Waals surface area (Å²) >= 11 is 1.24. The minimum Gasteiger partial charge on any atom is -0.330 e. The van der Waals surface area contributed by atoms with Gasteiger partial charge in [-0.3, -0.25) is 14.4 Å². The minimum atomic E-state index is -0.827. The fraction of sp³-hybridized carbons (Fsp3) is 0.111. The van der Waals surface area contributed by atoms with Crippen molar-refractivity contribution in [3.63, 3.8) is 0 Å². The van der Waals surface area contributed by atoms with Gasteiger partial charge in [-0.1, -0.05) is 29.3 Å². The van der Waals surface area contributed by atoms with Crippen molar-refractivity contribution in [2.45, 2.75) is 16.6 Å². The summed E-state index contributed by atoms with van der Waals surface area (Å²) in [6.07, 6.45) is -0.266. The Kier molecular flexibility index (Phi) is 3.96. The summed E-state index contributed by atoms with van der Waals surface area (Å²) in [6.45, 7) is 0. The number of carbonyl (C=O) groups is 4. The van der Waals surface area contributed by atoms with Gasteiger partial charge in [0.1, 0.15) is 0 Å². The van der Waals surface area contributed by atoms with E-state index in [0.29, 0.717) is 10.8 Å². The van der Waals surface area contributed by atoms with Gasteiger partial charge in [-0.15, -0.1) is 11.8 Å². The molecule has 7 nitrogen and oxygen atoms in total. The van der Waals surface area contributed by atoms with Gasteiger partial charge in [0.05, 0.1) is 28.5 Å². The Labute approximate surface area is 152 Å². The third kappa shape index (κ3) is 2.74. The molecule has 4 rings (SSSR count). The lowest BCUT2D eigenvalue weighted by Gasteiger charge is -2.23. The predicted octanol–water partition coefficient (Wildman–Crippen LogP) is 2.24. The molecule has 0 saturated heterocycles. The Hall–Kier alpha value is -3.13. The monoisotopic (exact) mass is 368 g/mol. The first kappa shape index (κ1) is 16.3. The maximum absolute atomic E-state index is 12.2. The fourth-order valence-electron chi connectivity index (χ4n) is 2.77. The highest BCUT2D eigenvalue weighted by atomic mass is 32.2. The van der Waals surface area contributed by atoms with Gasteiger partial charge in [-0.2, -0.15) is 0 Å². The second-order valence-electron chi connectivity index (χ2n) is 5.71. The smallest absolute Gasteiger partial charge is 0.330 e. The van der Waals surface area contributed by atoms with Gasteiger partial charge < -0.3 is 10.2 Å². The van der Waals surface area contributed by atoms with Crippen LogP contribution in [-0.2, 0) is 14.4 Å². The molecule has 2 aliphatic heterocycles. The Morgan fingerprint density at radius 1 is 1.00 bits per heavy atom. The van der Waals surface area contributed by atoms with Crippen LogP contribution in [0.5, 0.6) is 0 Å². The molecule has 0 spiro atoms. The molecule has 2 aromatic carbocycles. The lowest BCUT2D eigenvalue weighted by molar-refractivity contribution is -0.168.